The molecule has 0 amide bonds. The van der Waals surface area contributed by atoms with Gasteiger partial charge in [0.1, 0.15) is 5.78 Å². The molecule has 2 fully saturated rings. The van der Waals surface area contributed by atoms with Crippen LogP contribution in [-0.4, -0.2) is 16.7 Å². The minimum atomic E-state index is -0.530. The Kier molecular flexibility index (Phi) is 1.63. The quantitative estimate of drug-likeness (QED) is 0.435. The van der Waals surface area contributed by atoms with E-state index in [1.807, 2.05) is 0 Å². The van der Waals surface area contributed by atoms with Crippen molar-refractivity contribution < 1.29 is 9.72 Å². The lowest BCUT2D eigenvalue weighted by Gasteiger charge is -1.95. The molecule has 0 N–H and O–H groups in total. The molecule has 0 aromatic carbocycles. The lowest BCUT2D eigenvalue weighted by Crippen LogP contribution is -2.11. The van der Waals surface area contributed by atoms with E-state index in [9.17, 15) is 14.9 Å². The number of carbonyl (C=O) groups is 1. The van der Waals surface area contributed by atoms with Crippen LogP contribution in [0.1, 0.15) is 25.7 Å². The van der Waals surface area contributed by atoms with Crippen LogP contribution in [0.3, 0.4) is 0 Å². The fraction of sp³-hybridized carbons (Fsp3) is 0.875. The standard InChI is InChI=1S/C8H11NO3/c10-6-4-2-1-3-5-7(6)8(5)9(11)12/h5,7-8H,1-4H2/t5-,7-,8+/m0/s1. The summed E-state index contributed by atoms with van der Waals surface area (Å²) < 4.78 is 0. The topological polar surface area (TPSA) is 60.2 Å². The van der Waals surface area contributed by atoms with Gasteiger partial charge >= 0.3 is 0 Å². The number of carbonyl (C=O) groups excluding carboxylic acids is 1. The number of hydrogen-bond donors (Lipinski definition) is 0. The molecule has 0 aromatic rings. The highest BCUT2D eigenvalue weighted by Crippen LogP contribution is 2.48. The van der Waals surface area contributed by atoms with E-state index in [0.717, 1.165) is 19.3 Å². The lowest BCUT2D eigenvalue weighted by atomic mass is 10.1. The van der Waals surface area contributed by atoms with E-state index in [1.54, 1.807) is 0 Å². The van der Waals surface area contributed by atoms with Crippen molar-refractivity contribution in [3.8, 4) is 0 Å². The predicted octanol–water partition coefficient (Wildman–Crippen LogP) is 1.02. The number of nitro groups is 1. The number of rotatable bonds is 1. The fourth-order valence-electron chi connectivity index (χ4n) is 2.27. The zero-order chi connectivity index (χ0) is 8.72. The average molecular weight is 169 g/mol. The monoisotopic (exact) mass is 169 g/mol. The van der Waals surface area contributed by atoms with Gasteiger partial charge in [-0.3, -0.25) is 14.9 Å². The third kappa shape index (κ3) is 1.02. The zero-order valence-corrected chi connectivity index (χ0v) is 6.73. The minimum absolute atomic E-state index is 0.0787. The van der Waals surface area contributed by atoms with E-state index in [4.69, 9.17) is 0 Å². The van der Waals surface area contributed by atoms with Gasteiger partial charge in [-0.25, -0.2) is 0 Å². The maximum absolute atomic E-state index is 11.3. The van der Waals surface area contributed by atoms with Crippen LogP contribution < -0.4 is 0 Å². The molecule has 2 aliphatic carbocycles. The molecule has 0 saturated heterocycles. The first kappa shape index (κ1) is 7.71. The third-order valence-corrected chi connectivity index (χ3v) is 2.95. The summed E-state index contributed by atoms with van der Waals surface area (Å²) in [5, 5.41) is 10.4. The first-order valence-corrected chi connectivity index (χ1v) is 4.38. The van der Waals surface area contributed by atoms with Crippen molar-refractivity contribution in [3.63, 3.8) is 0 Å². The Morgan fingerprint density at radius 1 is 1.42 bits per heavy atom. The Morgan fingerprint density at radius 3 is 2.83 bits per heavy atom. The number of Topliss-reactive ketones (excluding diaryl/α,β-unsaturated/α-hetero) is 1. The van der Waals surface area contributed by atoms with E-state index in [2.05, 4.69) is 0 Å². The summed E-state index contributed by atoms with van der Waals surface area (Å²) in [7, 11) is 0. The molecule has 66 valence electrons. The smallest absolute Gasteiger partial charge is 0.227 e. The molecule has 2 saturated carbocycles. The first-order chi connectivity index (χ1) is 5.72. The van der Waals surface area contributed by atoms with Gasteiger partial charge in [-0.1, -0.05) is 6.42 Å². The minimum Gasteiger partial charge on any atom is -0.299 e. The Labute approximate surface area is 70.1 Å². The molecule has 0 radical (unpaired) electrons. The molecular weight excluding hydrogens is 158 g/mol. The van der Waals surface area contributed by atoms with Gasteiger partial charge < -0.3 is 0 Å². The lowest BCUT2D eigenvalue weighted by molar-refractivity contribution is -0.500. The maximum atomic E-state index is 11.3. The SMILES string of the molecule is O=C1CCCC[C@H]2[C@@H]1[C@@H]2[N+](=O)[O-]. The van der Waals surface area contributed by atoms with Crippen molar-refractivity contribution in [1.82, 2.24) is 0 Å². The zero-order valence-electron chi connectivity index (χ0n) is 6.73. The molecule has 0 heterocycles. The molecule has 0 bridgehead atoms. The molecule has 4 nitrogen and oxygen atoms in total. The molecule has 12 heavy (non-hydrogen) atoms. The second-order valence-electron chi connectivity index (χ2n) is 3.68. The van der Waals surface area contributed by atoms with Crippen molar-refractivity contribution in [3.05, 3.63) is 10.1 Å². The Balaban J connectivity index is 2.09. The van der Waals surface area contributed by atoms with Crippen molar-refractivity contribution in [2.75, 3.05) is 0 Å². The third-order valence-electron chi connectivity index (χ3n) is 2.95. The van der Waals surface area contributed by atoms with Gasteiger partial charge in [0.2, 0.25) is 6.04 Å². The van der Waals surface area contributed by atoms with Crippen LogP contribution in [0, 0.1) is 22.0 Å². The Morgan fingerprint density at radius 2 is 2.17 bits per heavy atom. The fourth-order valence-corrected chi connectivity index (χ4v) is 2.27. The molecular formula is C8H11NO3. The Bertz CT molecular complexity index is 238. The van der Waals surface area contributed by atoms with Crippen LogP contribution in [0.4, 0.5) is 0 Å². The van der Waals surface area contributed by atoms with Gasteiger partial charge in [-0.2, -0.15) is 0 Å². The number of nitrogens with zero attached hydrogens (tertiary/aromatic N) is 1. The average Bonchev–Trinajstić information content (AvgIpc) is 2.70. The maximum Gasteiger partial charge on any atom is 0.227 e. The van der Waals surface area contributed by atoms with Crippen molar-refractivity contribution in [2.45, 2.75) is 31.7 Å². The van der Waals surface area contributed by atoms with Crippen LogP contribution in [0.15, 0.2) is 0 Å². The first-order valence-electron chi connectivity index (χ1n) is 4.38. The van der Waals surface area contributed by atoms with E-state index < -0.39 is 6.04 Å². The summed E-state index contributed by atoms with van der Waals surface area (Å²) in [6, 6.07) is -0.530. The summed E-state index contributed by atoms with van der Waals surface area (Å²) >= 11 is 0. The van der Waals surface area contributed by atoms with Gasteiger partial charge in [0.05, 0.1) is 5.92 Å². The highest BCUT2D eigenvalue weighted by atomic mass is 16.6. The summed E-state index contributed by atoms with van der Waals surface area (Å²) in [5.41, 5.74) is 0. The highest BCUT2D eigenvalue weighted by Gasteiger charge is 2.63. The molecule has 4 heteroatoms. The van der Waals surface area contributed by atoms with Gasteiger partial charge in [0.15, 0.2) is 0 Å². The summed E-state index contributed by atoms with van der Waals surface area (Å²) in [6.07, 6.45) is 3.35. The molecule has 3 atom stereocenters. The van der Waals surface area contributed by atoms with Crippen LogP contribution in [0.25, 0.3) is 0 Å². The molecule has 0 aromatic heterocycles. The van der Waals surface area contributed by atoms with Crippen molar-refractivity contribution in [2.24, 2.45) is 11.8 Å². The van der Waals surface area contributed by atoms with E-state index in [1.165, 1.54) is 0 Å². The normalized spacial score (nSPS) is 40.0. The number of ketones is 1. The highest BCUT2D eigenvalue weighted by molar-refractivity contribution is 5.85. The van der Waals surface area contributed by atoms with E-state index in [0.29, 0.717) is 6.42 Å². The number of fused-ring (bicyclic) bond motifs is 1. The molecule has 0 aliphatic heterocycles. The van der Waals surface area contributed by atoms with Crippen molar-refractivity contribution in [1.29, 1.82) is 0 Å². The van der Waals surface area contributed by atoms with Crippen LogP contribution >= 0.6 is 0 Å². The molecule has 0 spiro atoms. The number of hydrogen-bond acceptors (Lipinski definition) is 3. The molecule has 0 unspecified atom stereocenters. The van der Waals surface area contributed by atoms with Gasteiger partial charge in [0.25, 0.3) is 0 Å². The largest absolute Gasteiger partial charge is 0.299 e. The second kappa shape index (κ2) is 2.54. The van der Waals surface area contributed by atoms with Gasteiger partial charge in [-0.15, -0.1) is 0 Å². The van der Waals surface area contributed by atoms with Crippen LogP contribution in [-0.2, 0) is 4.79 Å². The van der Waals surface area contributed by atoms with E-state index in [-0.39, 0.29) is 22.5 Å². The van der Waals surface area contributed by atoms with Gasteiger partial charge in [-0.05, 0) is 12.8 Å². The van der Waals surface area contributed by atoms with Crippen LogP contribution in [0.2, 0.25) is 0 Å². The molecule has 2 rings (SSSR count). The predicted molar refractivity (Wildman–Crippen MR) is 41.2 cm³/mol. The van der Waals surface area contributed by atoms with Crippen molar-refractivity contribution >= 4 is 5.78 Å². The Hall–Kier alpha value is -0.930. The second-order valence-corrected chi connectivity index (χ2v) is 3.68. The summed E-state index contributed by atoms with van der Waals surface area (Å²) in [5.74, 6) is -0.0169. The van der Waals surface area contributed by atoms with Crippen LogP contribution in [0.5, 0.6) is 0 Å². The summed E-state index contributed by atoms with van der Waals surface area (Å²) in [4.78, 5) is 21.4. The summed E-state index contributed by atoms with van der Waals surface area (Å²) in [6.45, 7) is 0. The molecule has 2 aliphatic rings. The van der Waals surface area contributed by atoms with E-state index >= 15 is 0 Å². The van der Waals surface area contributed by atoms with Gasteiger partial charge in [0, 0.05) is 17.3 Å².